The van der Waals surface area contributed by atoms with Gasteiger partial charge in [0, 0.05) is 24.5 Å². The minimum absolute atomic E-state index is 0.0633. The van der Waals surface area contributed by atoms with E-state index in [4.69, 9.17) is 24.0 Å². The van der Waals surface area contributed by atoms with Crippen LogP contribution in [-0.2, 0) is 24.0 Å². The summed E-state index contributed by atoms with van der Waals surface area (Å²) in [6.45, 7) is 5.90. The maximum absolute atomic E-state index is 13.8. The van der Waals surface area contributed by atoms with Crippen LogP contribution in [0.1, 0.15) is 46.5 Å². The first-order valence-electron chi connectivity index (χ1n) is 9.64. The Bertz CT molecular complexity index is 564. The highest BCUT2D eigenvalue weighted by Gasteiger charge is 2.56. The molecule has 0 aromatic heterocycles. The predicted octanol–water partition coefficient (Wildman–Crippen LogP) is 4.58. The van der Waals surface area contributed by atoms with Gasteiger partial charge in [0.15, 0.2) is 0 Å². The van der Waals surface area contributed by atoms with Crippen LogP contribution in [0.25, 0.3) is 0 Å². The number of hydrogen-bond acceptors (Lipinski definition) is 5. The van der Waals surface area contributed by atoms with E-state index in [1.54, 1.807) is 13.8 Å². The molecule has 6 atom stereocenters. The summed E-state index contributed by atoms with van der Waals surface area (Å²) in [6.07, 6.45) is -2.75. The Morgan fingerprint density at radius 2 is 1.96 bits per heavy atom. The highest BCUT2D eigenvalue weighted by atomic mass is 19.4. The minimum atomic E-state index is -4.59. The zero-order chi connectivity index (χ0) is 19.8. The lowest BCUT2D eigenvalue weighted by atomic mass is 9.62. The molecule has 2 aliphatic heterocycles. The topological polar surface area (TPSA) is 46.2 Å². The van der Waals surface area contributed by atoms with E-state index < -0.39 is 24.0 Å². The third kappa shape index (κ3) is 4.13. The molecule has 1 aliphatic carbocycles. The first kappa shape index (κ1) is 20.9. The molecule has 1 saturated carbocycles. The van der Waals surface area contributed by atoms with Crippen molar-refractivity contribution in [3.05, 3.63) is 11.3 Å². The third-order valence-electron chi connectivity index (χ3n) is 6.19. The van der Waals surface area contributed by atoms with E-state index in [0.29, 0.717) is 25.4 Å². The van der Waals surface area contributed by atoms with E-state index in [-0.39, 0.29) is 29.9 Å². The monoisotopic (exact) mass is 394 g/mol. The van der Waals surface area contributed by atoms with Crippen LogP contribution in [0, 0.1) is 23.7 Å². The summed E-state index contributed by atoms with van der Waals surface area (Å²) in [5, 5.41) is 0. The number of rotatable bonds is 5. The summed E-state index contributed by atoms with van der Waals surface area (Å²) in [6, 6.07) is 0. The van der Waals surface area contributed by atoms with Crippen molar-refractivity contribution in [3.63, 3.8) is 0 Å². The van der Waals surface area contributed by atoms with Crippen LogP contribution in [0.2, 0.25) is 0 Å². The van der Waals surface area contributed by atoms with Crippen molar-refractivity contribution in [1.82, 2.24) is 0 Å². The highest BCUT2D eigenvalue weighted by Crippen LogP contribution is 2.54. The molecular formula is C19H29F3O5. The van der Waals surface area contributed by atoms with E-state index in [9.17, 15) is 13.2 Å². The summed E-state index contributed by atoms with van der Waals surface area (Å²) >= 11 is 0. The Balaban J connectivity index is 2.02. The van der Waals surface area contributed by atoms with Crippen LogP contribution < -0.4 is 0 Å². The quantitative estimate of drug-likeness (QED) is 0.505. The molecule has 3 rings (SSSR count). The van der Waals surface area contributed by atoms with Crippen molar-refractivity contribution in [1.29, 1.82) is 0 Å². The van der Waals surface area contributed by atoms with Crippen LogP contribution >= 0.6 is 0 Å². The summed E-state index contributed by atoms with van der Waals surface area (Å²) in [4.78, 5) is 10.1. The van der Waals surface area contributed by atoms with Crippen molar-refractivity contribution < 1.29 is 37.2 Å². The SMILES string of the molecule is CCOCC1=C(C(F)(F)F)O[C@@H]2OC(C)(OOC)CC[C@@H]3C2[C@H]1CC[C@H]3C. The highest BCUT2D eigenvalue weighted by molar-refractivity contribution is 5.23. The van der Waals surface area contributed by atoms with E-state index in [0.717, 1.165) is 12.8 Å². The fraction of sp³-hybridized carbons (Fsp3) is 0.895. The average molecular weight is 394 g/mol. The molecule has 0 aromatic rings. The number of hydrogen-bond donors (Lipinski definition) is 0. The fourth-order valence-electron chi connectivity index (χ4n) is 4.95. The molecule has 0 radical (unpaired) electrons. The molecule has 2 heterocycles. The summed E-state index contributed by atoms with van der Waals surface area (Å²) in [5.41, 5.74) is 0.224. The van der Waals surface area contributed by atoms with Gasteiger partial charge in [-0.3, -0.25) is 0 Å². The molecule has 5 nitrogen and oxygen atoms in total. The van der Waals surface area contributed by atoms with Gasteiger partial charge in [0.1, 0.15) is 0 Å². The van der Waals surface area contributed by atoms with Gasteiger partial charge in [0.05, 0.1) is 13.7 Å². The molecule has 8 heteroatoms. The van der Waals surface area contributed by atoms with E-state index >= 15 is 0 Å². The molecule has 3 aliphatic rings. The second-order valence-corrected chi connectivity index (χ2v) is 7.92. The van der Waals surface area contributed by atoms with Crippen LogP contribution in [0.5, 0.6) is 0 Å². The van der Waals surface area contributed by atoms with Gasteiger partial charge < -0.3 is 14.2 Å². The van der Waals surface area contributed by atoms with Gasteiger partial charge in [0.2, 0.25) is 17.8 Å². The Kier molecular flexibility index (Phi) is 6.11. The smallest absolute Gasteiger partial charge is 0.449 e. The van der Waals surface area contributed by atoms with Crippen molar-refractivity contribution in [2.24, 2.45) is 23.7 Å². The Morgan fingerprint density at radius 3 is 2.59 bits per heavy atom. The number of ether oxygens (including phenoxy) is 3. The largest absolute Gasteiger partial charge is 0.459 e. The Morgan fingerprint density at radius 1 is 1.22 bits per heavy atom. The van der Waals surface area contributed by atoms with Crippen LogP contribution in [0.3, 0.4) is 0 Å². The fourth-order valence-corrected chi connectivity index (χ4v) is 4.95. The Labute approximate surface area is 158 Å². The molecule has 1 saturated heterocycles. The second-order valence-electron chi connectivity index (χ2n) is 7.92. The molecule has 0 N–H and O–H groups in total. The first-order valence-corrected chi connectivity index (χ1v) is 9.64. The van der Waals surface area contributed by atoms with Gasteiger partial charge in [-0.15, -0.1) is 0 Å². The molecule has 0 spiro atoms. The Hall–Kier alpha value is -0.830. The predicted molar refractivity (Wildman–Crippen MR) is 90.1 cm³/mol. The summed E-state index contributed by atoms with van der Waals surface area (Å²) < 4.78 is 58.1. The summed E-state index contributed by atoms with van der Waals surface area (Å²) in [5.74, 6) is -1.95. The van der Waals surface area contributed by atoms with Crippen LogP contribution in [-0.4, -0.2) is 38.6 Å². The maximum atomic E-state index is 13.8. The number of allylic oxidation sites excluding steroid dienone is 1. The van der Waals surface area contributed by atoms with Crippen molar-refractivity contribution in [2.75, 3.05) is 20.3 Å². The van der Waals surface area contributed by atoms with Gasteiger partial charge in [-0.05, 0) is 50.9 Å². The lowest BCUT2D eigenvalue weighted by Crippen LogP contribution is -2.49. The molecular weight excluding hydrogens is 365 g/mol. The van der Waals surface area contributed by atoms with Gasteiger partial charge >= 0.3 is 6.18 Å². The maximum Gasteiger partial charge on any atom is 0.449 e. The summed E-state index contributed by atoms with van der Waals surface area (Å²) in [7, 11) is 1.36. The van der Waals surface area contributed by atoms with Gasteiger partial charge in [-0.25, -0.2) is 9.78 Å². The molecule has 2 unspecified atom stereocenters. The van der Waals surface area contributed by atoms with E-state index in [2.05, 4.69) is 6.92 Å². The van der Waals surface area contributed by atoms with E-state index in [1.807, 2.05) is 0 Å². The molecule has 156 valence electrons. The molecule has 0 aromatic carbocycles. The molecule has 27 heavy (non-hydrogen) atoms. The van der Waals surface area contributed by atoms with E-state index in [1.165, 1.54) is 7.11 Å². The van der Waals surface area contributed by atoms with Crippen molar-refractivity contribution in [3.8, 4) is 0 Å². The standard InChI is InChI=1S/C19H29F3O5/c1-5-24-10-14-13-7-6-11(2)12-8-9-18(3,27-23-4)26-17(15(12)13)25-16(14)19(20,21)22/h11-13,15,17H,5-10H2,1-4H3/t11-,12+,13+,15?,17-,18?/m1/s1. The zero-order valence-corrected chi connectivity index (χ0v) is 16.3. The lowest BCUT2D eigenvalue weighted by molar-refractivity contribution is -0.438. The molecule has 2 fully saturated rings. The lowest BCUT2D eigenvalue weighted by Gasteiger charge is -2.48. The van der Waals surface area contributed by atoms with Crippen LogP contribution in [0.15, 0.2) is 11.3 Å². The van der Waals surface area contributed by atoms with Gasteiger partial charge in [0.25, 0.3) is 0 Å². The van der Waals surface area contributed by atoms with Gasteiger partial charge in [-0.2, -0.15) is 13.2 Å². The second kappa shape index (κ2) is 7.89. The third-order valence-corrected chi connectivity index (χ3v) is 6.19. The van der Waals surface area contributed by atoms with Gasteiger partial charge in [-0.1, -0.05) is 6.92 Å². The minimum Gasteiger partial charge on any atom is -0.459 e. The number of halogens is 3. The average Bonchev–Trinajstić information content (AvgIpc) is 2.73. The zero-order valence-electron chi connectivity index (χ0n) is 16.3. The first-order chi connectivity index (χ1) is 12.7. The number of alkyl halides is 3. The molecule has 0 amide bonds. The normalized spacial score (nSPS) is 39.6. The molecule has 0 bridgehead atoms. The van der Waals surface area contributed by atoms with Crippen molar-refractivity contribution in [2.45, 2.75) is 64.7 Å². The van der Waals surface area contributed by atoms with Crippen molar-refractivity contribution >= 4 is 0 Å². The van der Waals surface area contributed by atoms with Crippen LogP contribution in [0.4, 0.5) is 13.2 Å².